The SMILES string of the molecule is CC(C)CN(C(C)C)S(=O)(=O)c1cccc(F)c1CN. The summed E-state index contributed by atoms with van der Waals surface area (Å²) in [7, 11) is -3.75. The highest BCUT2D eigenvalue weighted by molar-refractivity contribution is 7.89. The second-order valence-corrected chi connectivity index (χ2v) is 7.34. The van der Waals surface area contributed by atoms with E-state index in [0.717, 1.165) is 0 Å². The first-order valence-electron chi connectivity index (χ1n) is 6.71. The molecule has 6 heteroatoms. The Morgan fingerprint density at radius 1 is 1.25 bits per heavy atom. The standard InChI is InChI=1S/C14H23FN2O2S/c1-10(2)9-17(11(3)4)20(18,19)14-7-5-6-13(15)12(14)8-16/h5-7,10-11H,8-9,16H2,1-4H3. The summed E-state index contributed by atoms with van der Waals surface area (Å²) in [5, 5.41) is 0. The van der Waals surface area contributed by atoms with Gasteiger partial charge in [-0.15, -0.1) is 0 Å². The molecule has 1 aromatic rings. The van der Waals surface area contributed by atoms with Crippen molar-refractivity contribution >= 4 is 10.0 Å². The van der Waals surface area contributed by atoms with Gasteiger partial charge in [0.25, 0.3) is 0 Å². The first kappa shape index (κ1) is 17.1. The minimum atomic E-state index is -3.75. The zero-order valence-corrected chi connectivity index (χ0v) is 13.2. The topological polar surface area (TPSA) is 63.4 Å². The molecule has 0 fully saturated rings. The molecule has 0 atom stereocenters. The fourth-order valence-electron chi connectivity index (χ4n) is 2.05. The predicted octanol–water partition coefficient (Wildman–Crippen LogP) is 2.34. The van der Waals surface area contributed by atoms with E-state index in [1.165, 1.54) is 22.5 Å². The molecule has 0 radical (unpaired) electrons. The maximum Gasteiger partial charge on any atom is 0.243 e. The number of halogens is 1. The molecule has 4 nitrogen and oxygen atoms in total. The normalized spacial score (nSPS) is 12.7. The van der Waals surface area contributed by atoms with Crippen molar-refractivity contribution in [1.82, 2.24) is 4.31 Å². The third kappa shape index (κ3) is 3.56. The van der Waals surface area contributed by atoms with E-state index in [9.17, 15) is 12.8 Å². The summed E-state index contributed by atoms with van der Waals surface area (Å²) in [5.74, 6) is -0.399. The Hall–Kier alpha value is -0.980. The molecule has 1 rings (SSSR count). The second kappa shape index (κ2) is 6.65. The number of rotatable bonds is 6. The summed E-state index contributed by atoms with van der Waals surface area (Å²) in [6.45, 7) is 7.75. The van der Waals surface area contributed by atoms with Gasteiger partial charge in [-0.25, -0.2) is 12.8 Å². The lowest BCUT2D eigenvalue weighted by Gasteiger charge is -2.28. The van der Waals surface area contributed by atoms with Crippen LogP contribution in [-0.2, 0) is 16.6 Å². The number of hydrogen-bond donors (Lipinski definition) is 1. The summed E-state index contributed by atoms with van der Waals surface area (Å²) in [6.07, 6.45) is 0. The van der Waals surface area contributed by atoms with Crippen LogP contribution in [0.15, 0.2) is 23.1 Å². The van der Waals surface area contributed by atoms with Gasteiger partial charge in [0.2, 0.25) is 10.0 Å². The molecule has 0 saturated carbocycles. The molecule has 1 aromatic carbocycles. The predicted molar refractivity (Wildman–Crippen MR) is 78.2 cm³/mol. The number of nitrogens with zero attached hydrogens (tertiary/aromatic N) is 1. The zero-order valence-electron chi connectivity index (χ0n) is 12.4. The van der Waals surface area contributed by atoms with Gasteiger partial charge >= 0.3 is 0 Å². The van der Waals surface area contributed by atoms with E-state index in [-0.39, 0.29) is 29.0 Å². The lowest BCUT2D eigenvalue weighted by molar-refractivity contribution is 0.318. The van der Waals surface area contributed by atoms with Crippen LogP contribution in [0.1, 0.15) is 33.3 Å². The molecule has 0 aromatic heterocycles. The van der Waals surface area contributed by atoms with Crippen molar-refractivity contribution in [3.05, 3.63) is 29.6 Å². The van der Waals surface area contributed by atoms with E-state index in [4.69, 9.17) is 5.73 Å². The Bertz CT molecular complexity index is 556. The van der Waals surface area contributed by atoms with Crippen LogP contribution in [0.4, 0.5) is 4.39 Å². The zero-order chi connectivity index (χ0) is 15.5. The Kier molecular flexibility index (Phi) is 5.68. The molecule has 0 heterocycles. The van der Waals surface area contributed by atoms with Gasteiger partial charge in [0, 0.05) is 24.7 Å². The van der Waals surface area contributed by atoms with Crippen LogP contribution in [0.2, 0.25) is 0 Å². The van der Waals surface area contributed by atoms with Gasteiger partial charge in [-0.3, -0.25) is 0 Å². The van der Waals surface area contributed by atoms with Crippen LogP contribution < -0.4 is 5.73 Å². The average molecular weight is 302 g/mol. The summed E-state index contributed by atoms with van der Waals surface area (Å²) < 4.78 is 40.6. The van der Waals surface area contributed by atoms with Crippen LogP contribution in [0.3, 0.4) is 0 Å². The highest BCUT2D eigenvalue weighted by Crippen LogP contribution is 2.24. The van der Waals surface area contributed by atoms with Gasteiger partial charge in [-0.1, -0.05) is 19.9 Å². The van der Waals surface area contributed by atoms with Gasteiger partial charge in [0.15, 0.2) is 0 Å². The third-order valence-corrected chi connectivity index (χ3v) is 5.11. The third-order valence-electron chi connectivity index (χ3n) is 2.99. The van der Waals surface area contributed by atoms with E-state index in [2.05, 4.69) is 0 Å². The molecule has 0 amide bonds. The van der Waals surface area contributed by atoms with Crippen LogP contribution in [0.5, 0.6) is 0 Å². The van der Waals surface area contributed by atoms with Gasteiger partial charge < -0.3 is 5.73 Å². The quantitative estimate of drug-likeness (QED) is 0.877. The van der Waals surface area contributed by atoms with Gasteiger partial charge in [-0.2, -0.15) is 4.31 Å². The first-order valence-corrected chi connectivity index (χ1v) is 8.15. The maximum absolute atomic E-state index is 13.7. The van der Waals surface area contributed by atoms with Crippen molar-refractivity contribution in [2.45, 2.75) is 45.2 Å². The minimum Gasteiger partial charge on any atom is -0.326 e. The highest BCUT2D eigenvalue weighted by atomic mass is 32.2. The van der Waals surface area contributed by atoms with Gasteiger partial charge in [-0.05, 0) is 31.9 Å². The minimum absolute atomic E-state index is 0.0330. The Balaban J connectivity index is 3.37. The van der Waals surface area contributed by atoms with E-state index in [0.29, 0.717) is 6.54 Å². The number of benzene rings is 1. The lowest BCUT2D eigenvalue weighted by Crippen LogP contribution is -2.40. The van der Waals surface area contributed by atoms with Crippen molar-refractivity contribution in [1.29, 1.82) is 0 Å². The first-order chi connectivity index (χ1) is 9.21. The number of hydrogen-bond acceptors (Lipinski definition) is 3. The summed E-state index contributed by atoms with van der Waals surface area (Å²) in [4.78, 5) is -0.0330. The molecule has 114 valence electrons. The van der Waals surface area contributed by atoms with Gasteiger partial charge in [0.05, 0.1) is 4.90 Å². The van der Waals surface area contributed by atoms with Crippen molar-refractivity contribution < 1.29 is 12.8 Å². The Morgan fingerprint density at radius 2 is 1.85 bits per heavy atom. The van der Waals surface area contributed by atoms with Gasteiger partial charge in [0.1, 0.15) is 5.82 Å². The van der Waals surface area contributed by atoms with E-state index >= 15 is 0 Å². The molecule has 0 bridgehead atoms. The molecule has 0 saturated heterocycles. The molecular weight excluding hydrogens is 279 g/mol. The van der Waals surface area contributed by atoms with E-state index in [1.54, 1.807) is 13.8 Å². The van der Waals surface area contributed by atoms with Crippen LogP contribution in [0, 0.1) is 11.7 Å². The number of sulfonamides is 1. The van der Waals surface area contributed by atoms with Crippen LogP contribution in [-0.4, -0.2) is 25.3 Å². The fraction of sp³-hybridized carbons (Fsp3) is 0.571. The molecule has 0 unspecified atom stereocenters. The summed E-state index contributed by atoms with van der Waals surface area (Å²) in [5.41, 5.74) is 5.55. The molecule has 0 aliphatic heterocycles. The smallest absolute Gasteiger partial charge is 0.243 e. The highest BCUT2D eigenvalue weighted by Gasteiger charge is 2.30. The van der Waals surface area contributed by atoms with Crippen molar-refractivity contribution in [2.24, 2.45) is 11.7 Å². The summed E-state index contributed by atoms with van der Waals surface area (Å²) in [6, 6.07) is 3.84. The Labute approximate surface area is 120 Å². The van der Waals surface area contributed by atoms with Crippen molar-refractivity contribution in [3.63, 3.8) is 0 Å². The second-order valence-electron chi connectivity index (χ2n) is 5.48. The van der Waals surface area contributed by atoms with Crippen molar-refractivity contribution in [2.75, 3.05) is 6.54 Å². The average Bonchev–Trinajstić information content (AvgIpc) is 2.34. The maximum atomic E-state index is 13.7. The molecule has 20 heavy (non-hydrogen) atoms. The molecule has 0 spiro atoms. The lowest BCUT2D eigenvalue weighted by atomic mass is 10.2. The van der Waals surface area contributed by atoms with Crippen LogP contribution >= 0.6 is 0 Å². The molecule has 0 aliphatic rings. The van der Waals surface area contributed by atoms with E-state index < -0.39 is 15.8 Å². The largest absolute Gasteiger partial charge is 0.326 e. The molecular formula is C14H23FN2O2S. The van der Waals surface area contributed by atoms with Crippen LogP contribution in [0.25, 0.3) is 0 Å². The monoisotopic (exact) mass is 302 g/mol. The van der Waals surface area contributed by atoms with E-state index in [1.807, 2.05) is 13.8 Å². The Morgan fingerprint density at radius 3 is 2.30 bits per heavy atom. The van der Waals surface area contributed by atoms with Crippen molar-refractivity contribution in [3.8, 4) is 0 Å². The number of nitrogens with two attached hydrogens (primary N) is 1. The molecule has 2 N–H and O–H groups in total. The summed E-state index contributed by atoms with van der Waals surface area (Å²) >= 11 is 0. The fourth-order valence-corrected chi connectivity index (χ4v) is 4.10. The molecule has 0 aliphatic carbocycles.